The fraction of sp³-hybridized carbons (Fsp3) is 0.152. The molecular formula is C33H31N9O19S4. The Kier molecular flexibility index (Phi) is 14.4. The van der Waals surface area contributed by atoms with E-state index in [0.29, 0.717) is 18.2 Å². The van der Waals surface area contributed by atoms with Crippen LogP contribution in [0.1, 0.15) is 0 Å². The van der Waals surface area contributed by atoms with Gasteiger partial charge in [0.15, 0.2) is 18.5 Å². The Morgan fingerprint density at radius 3 is 1.40 bits per heavy atom. The van der Waals surface area contributed by atoms with Crippen molar-refractivity contribution in [3.63, 3.8) is 0 Å². The molecular weight excluding hydrogens is 955 g/mol. The van der Waals surface area contributed by atoms with Crippen LogP contribution >= 0.6 is 0 Å². The van der Waals surface area contributed by atoms with E-state index in [1.54, 1.807) is 0 Å². The number of aliphatic hydroxyl groups is 2. The van der Waals surface area contributed by atoms with Crippen LogP contribution < -0.4 is 15.2 Å². The smallest absolute Gasteiger partial charge is 0.296 e. The van der Waals surface area contributed by atoms with E-state index < -0.39 is 137 Å². The van der Waals surface area contributed by atoms with Gasteiger partial charge in [0.05, 0.1) is 18.6 Å². The van der Waals surface area contributed by atoms with Crippen molar-refractivity contribution in [1.82, 2.24) is 0 Å². The molecule has 32 heteroatoms. The molecule has 0 spiro atoms. The maximum absolute atomic E-state index is 12.7. The van der Waals surface area contributed by atoms with E-state index in [2.05, 4.69) is 35.8 Å². The molecule has 0 saturated heterocycles. The number of phenols is 2. The Hall–Kier alpha value is -6.88. The summed E-state index contributed by atoms with van der Waals surface area (Å²) in [4.78, 5) is -4.33. The predicted octanol–water partition coefficient (Wildman–Crippen LogP) is 5.03. The van der Waals surface area contributed by atoms with Gasteiger partial charge in [-0.2, -0.15) is 33.7 Å². The molecule has 5 rings (SSSR count). The lowest BCUT2D eigenvalue weighted by molar-refractivity contribution is -0.493. The van der Waals surface area contributed by atoms with Crippen molar-refractivity contribution in [2.75, 3.05) is 39.2 Å². The fourth-order valence-corrected chi connectivity index (χ4v) is 8.05. The minimum Gasteiger partial charge on any atom is -0.600 e. The summed E-state index contributed by atoms with van der Waals surface area (Å²) in [6, 6.07) is 8.75. The third kappa shape index (κ3) is 11.6. The maximum atomic E-state index is 12.7. The molecule has 65 heavy (non-hydrogen) atoms. The molecule has 0 heterocycles. The number of rotatable bonds is 17. The lowest BCUT2D eigenvalue weighted by atomic mass is 10.1. The SMILES string of the molecule is C[N+]([O-])=Nc1ccc(N=Nc2c(S(=O)(=O)O)cc3cc(S(=O)(=O)O)c(N=Nc4cc(OCCO)c(N=Nc5ccc(N)cc5S(=O)(=O)O)cc4OCCO)c(O)c3c2O)c(S(=O)(=O)O)c1. The molecule has 0 aromatic heterocycles. The number of azo groups is 4. The Balaban J connectivity index is 1.75. The third-order valence-electron chi connectivity index (χ3n) is 8.07. The number of nitrogens with zero attached hydrogens (tertiary/aromatic N) is 8. The van der Waals surface area contributed by atoms with Gasteiger partial charge in [0.2, 0.25) is 0 Å². The molecule has 0 atom stereocenters. The number of hydrogen-bond acceptors (Lipinski definition) is 23. The Morgan fingerprint density at radius 1 is 0.569 bits per heavy atom. The first-order valence-corrected chi connectivity index (χ1v) is 23.0. The molecule has 0 aliphatic rings. The molecule has 5 aromatic rings. The van der Waals surface area contributed by atoms with Gasteiger partial charge in [0, 0.05) is 22.9 Å². The molecule has 0 amide bonds. The van der Waals surface area contributed by atoms with Crippen LogP contribution in [0, 0.1) is 5.21 Å². The predicted molar refractivity (Wildman–Crippen MR) is 220 cm³/mol. The molecule has 0 unspecified atom stereocenters. The number of nitrogen functional groups attached to an aromatic ring is 1. The molecule has 0 aliphatic carbocycles. The average molecular weight is 986 g/mol. The molecule has 0 aliphatic heterocycles. The van der Waals surface area contributed by atoms with Crippen molar-refractivity contribution < 1.29 is 86.6 Å². The fourth-order valence-electron chi connectivity index (χ4n) is 5.44. The number of ether oxygens (including phenoxy) is 2. The van der Waals surface area contributed by atoms with Crippen molar-refractivity contribution in [2.24, 2.45) is 35.8 Å². The van der Waals surface area contributed by atoms with Gasteiger partial charge in [-0.15, -0.1) is 30.7 Å². The second kappa shape index (κ2) is 19.1. The monoisotopic (exact) mass is 985 g/mol. The zero-order chi connectivity index (χ0) is 48.2. The highest BCUT2D eigenvalue weighted by molar-refractivity contribution is 7.86. The third-order valence-corrected chi connectivity index (χ3v) is 11.6. The van der Waals surface area contributed by atoms with Gasteiger partial charge in [-0.3, -0.25) is 18.2 Å². The number of aromatic hydroxyl groups is 2. The second-order valence-electron chi connectivity index (χ2n) is 12.6. The summed E-state index contributed by atoms with van der Waals surface area (Å²) in [7, 11) is -20.0. The summed E-state index contributed by atoms with van der Waals surface area (Å²) in [6.07, 6.45) is 0. The lowest BCUT2D eigenvalue weighted by Gasteiger charge is -2.14. The van der Waals surface area contributed by atoms with E-state index in [4.69, 9.17) is 15.2 Å². The van der Waals surface area contributed by atoms with Gasteiger partial charge in [0.25, 0.3) is 40.5 Å². The van der Waals surface area contributed by atoms with Crippen LogP contribution in [0.25, 0.3) is 10.8 Å². The Labute approximate surface area is 365 Å². The van der Waals surface area contributed by atoms with E-state index >= 15 is 0 Å². The van der Waals surface area contributed by atoms with Crippen molar-refractivity contribution in [3.8, 4) is 23.0 Å². The molecule has 5 aromatic carbocycles. The normalized spacial score (nSPS) is 13.1. The Morgan fingerprint density at radius 2 is 0.969 bits per heavy atom. The largest absolute Gasteiger partial charge is 0.600 e. The number of anilines is 1. The standard InChI is InChI=1S/C33H31N9O19S4/c1-42(47)41-18-3-5-20(26(13-18)63(51,52)53)36-39-30-27(64(54,55)56)10-16-11-28(65(57,58)59)31(33(46)29(16)32(30)45)40-38-22-15-23(60-8-6-43)21(14-24(22)61-9-7-44)37-35-19-4-2-17(34)12-25(19)62(48,49)50/h2-5,10-15,43-46H,6-9,34H2,1H3,(H,48,49,50)(H,51,52,53)(H,54,55,56)(H,57,58,59). The lowest BCUT2D eigenvalue weighted by Crippen LogP contribution is -2.04. The van der Waals surface area contributed by atoms with E-state index in [9.17, 15) is 77.5 Å². The van der Waals surface area contributed by atoms with Gasteiger partial charge in [0.1, 0.15) is 84.1 Å². The van der Waals surface area contributed by atoms with E-state index in [-0.39, 0.29) is 33.4 Å². The zero-order valence-corrected chi connectivity index (χ0v) is 35.7. The van der Waals surface area contributed by atoms with Gasteiger partial charge in [-0.05, 0) is 53.9 Å². The van der Waals surface area contributed by atoms with E-state index in [0.717, 1.165) is 43.4 Å². The molecule has 0 bridgehead atoms. The van der Waals surface area contributed by atoms with Crippen LogP contribution in [0.2, 0.25) is 0 Å². The number of hydroxylamine groups is 1. The van der Waals surface area contributed by atoms with Gasteiger partial charge in [-0.25, -0.2) is 0 Å². The van der Waals surface area contributed by atoms with E-state index in [1.165, 1.54) is 6.07 Å². The van der Waals surface area contributed by atoms with Crippen LogP contribution in [-0.4, -0.2) is 111 Å². The molecule has 28 nitrogen and oxygen atoms in total. The number of benzene rings is 5. The highest BCUT2D eigenvalue weighted by Crippen LogP contribution is 2.51. The van der Waals surface area contributed by atoms with Crippen LogP contribution in [0.15, 0.2) is 116 Å². The number of nitrogens with two attached hydrogens (primary N) is 1. The van der Waals surface area contributed by atoms with Gasteiger partial charge >= 0.3 is 0 Å². The minimum absolute atomic E-state index is 0.0423. The average Bonchev–Trinajstić information content (AvgIpc) is 3.19. The van der Waals surface area contributed by atoms with E-state index in [1.807, 2.05) is 0 Å². The first-order chi connectivity index (χ1) is 30.2. The first-order valence-electron chi connectivity index (χ1n) is 17.3. The summed E-state index contributed by atoms with van der Waals surface area (Å²) >= 11 is 0. The van der Waals surface area contributed by atoms with Crippen LogP contribution in [0.5, 0.6) is 23.0 Å². The van der Waals surface area contributed by atoms with Crippen molar-refractivity contribution in [1.29, 1.82) is 0 Å². The number of fused-ring (bicyclic) bond motifs is 1. The second-order valence-corrected chi connectivity index (χ2v) is 18.2. The number of hydrogen-bond donors (Lipinski definition) is 9. The van der Waals surface area contributed by atoms with Gasteiger partial charge in [-0.1, -0.05) is 4.86 Å². The molecule has 0 radical (unpaired) electrons. The van der Waals surface area contributed by atoms with Gasteiger partial charge < -0.3 is 40.8 Å². The topological polar surface area (TPSA) is 455 Å². The van der Waals surface area contributed by atoms with Crippen molar-refractivity contribution in [3.05, 3.63) is 65.9 Å². The van der Waals surface area contributed by atoms with Crippen LogP contribution in [0.3, 0.4) is 0 Å². The molecule has 0 fully saturated rings. The molecule has 346 valence electrons. The minimum atomic E-state index is -5.47. The van der Waals surface area contributed by atoms with Crippen molar-refractivity contribution in [2.45, 2.75) is 19.6 Å². The summed E-state index contributed by atoms with van der Waals surface area (Å²) in [5.41, 5.74) is 1.02. The first kappa shape index (κ1) is 49.1. The zero-order valence-electron chi connectivity index (χ0n) is 32.5. The Bertz CT molecular complexity index is 3310. The highest BCUT2D eigenvalue weighted by Gasteiger charge is 2.29. The molecule has 0 saturated carbocycles. The summed E-state index contributed by atoms with van der Waals surface area (Å²) < 4.78 is 149. The summed E-state index contributed by atoms with van der Waals surface area (Å²) in [5, 5.41) is 77.4. The number of aliphatic hydroxyl groups excluding tert-OH is 2. The summed E-state index contributed by atoms with van der Waals surface area (Å²) in [5.74, 6) is -3.41. The van der Waals surface area contributed by atoms with Crippen molar-refractivity contribution >= 4 is 96.7 Å². The summed E-state index contributed by atoms with van der Waals surface area (Å²) in [6.45, 7) is -2.07. The van der Waals surface area contributed by atoms with Crippen LogP contribution in [-0.2, 0) is 40.5 Å². The van der Waals surface area contributed by atoms with Crippen LogP contribution in [0.4, 0.5) is 45.5 Å². The number of phenolic OH excluding ortho intramolecular Hbond substituents is 2. The highest BCUT2D eigenvalue weighted by atomic mass is 32.2. The maximum Gasteiger partial charge on any atom is 0.296 e. The quantitative estimate of drug-likeness (QED) is 0.0194. The molecule has 10 N–H and O–H groups in total.